The van der Waals surface area contributed by atoms with Gasteiger partial charge in [0.1, 0.15) is 0 Å². The van der Waals surface area contributed by atoms with Crippen LogP contribution in [0.2, 0.25) is 0 Å². The quantitative estimate of drug-likeness (QED) is 0.844. The van der Waals surface area contributed by atoms with Crippen molar-refractivity contribution in [1.82, 2.24) is 24.9 Å². The van der Waals surface area contributed by atoms with Crippen LogP contribution in [-0.2, 0) is 13.5 Å². The van der Waals surface area contributed by atoms with Crippen LogP contribution in [0.1, 0.15) is 50.7 Å². The molecule has 0 aliphatic rings. The molecule has 0 aliphatic heterocycles. The molecular formula is C15H25N5. The van der Waals surface area contributed by atoms with Crippen molar-refractivity contribution in [3.05, 3.63) is 35.9 Å². The zero-order valence-corrected chi connectivity index (χ0v) is 12.9. The van der Waals surface area contributed by atoms with Gasteiger partial charge < -0.3 is 5.32 Å². The van der Waals surface area contributed by atoms with Gasteiger partial charge >= 0.3 is 0 Å². The van der Waals surface area contributed by atoms with E-state index < -0.39 is 0 Å². The second kappa shape index (κ2) is 6.70. The second-order valence-corrected chi connectivity index (χ2v) is 5.24. The summed E-state index contributed by atoms with van der Waals surface area (Å²) in [6, 6.07) is 4.90. The van der Waals surface area contributed by atoms with Gasteiger partial charge in [0.2, 0.25) is 0 Å². The van der Waals surface area contributed by atoms with Crippen molar-refractivity contribution in [2.45, 2.75) is 45.7 Å². The van der Waals surface area contributed by atoms with Gasteiger partial charge in [0.25, 0.3) is 0 Å². The Kier molecular flexibility index (Phi) is 4.95. The van der Waals surface area contributed by atoms with Crippen molar-refractivity contribution in [3.8, 4) is 0 Å². The van der Waals surface area contributed by atoms with Crippen LogP contribution in [0, 0.1) is 0 Å². The largest absolute Gasteiger partial charge is 0.309 e. The Labute approximate surface area is 121 Å². The van der Waals surface area contributed by atoms with Crippen molar-refractivity contribution in [2.75, 3.05) is 6.54 Å². The van der Waals surface area contributed by atoms with Crippen LogP contribution >= 0.6 is 0 Å². The summed E-state index contributed by atoms with van der Waals surface area (Å²) in [6.45, 7) is 7.44. The molecule has 2 rings (SSSR count). The molecule has 2 unspecified atom stereocenters. The Morgan fingerprint density at radius 3 is 2.70 bits per heavy atom. The molecule has 5 heteroatoms. The Balaban J connectivity index is 2.12. The third-order valence-electron chi connectivity index (χ3n) is 3.79. The SMILES string of the molecule is CCNC(Cc1ccn(C(C)CC)n1)c1ccnn1C. The highest BCUT2D eigenvalue weighted by atomic mass is 15.3. The molecule has 2 aromatic rings. The average Bonchev–Trinajstić information content (AvgIpc) is 3.06. The maximum absolute atomic E-state index is 4.69. The summed E-state index contributed by atoms with van der Waals surface area (Å²) in [5.41, 5.74) is 2.32. The Morgan fingerprint density at radius 1 is 1.30 bits per heavy atom. The van der Waals surface area contributed by atoms with E-state index in [2.05, 4.69) is 59.3 Å². The highest BCUT2D eigenvalue weighted by Crippen LogP contribution is 2.18. The summed E-state index contributed by atoms with van der Waals surface area (Å²) in [5, 5.41) is 12.5. The summed E-state index contributed by atoms with van der Waals surface area (Å²) >= 11 is 0. The molecule has 0 fully saturated rings. The maximum atomic E-state index is 4.69. The lowest BCUT2D eigenvalue weighted by atomic mass is 10.1. The maximum Gasteiger partial charge on any atom is 0.0644 e. The van der Waals surface area contributed by atoms with E-state index in [9.17, 15) is 0 Å². The third kappa shape index (κ3) is 3.28. The van der Waals surface area contributed by atoms with Crippen LogP contribution in [0.5, 0.6) is 0 Å². The van der Waals surface area contributed by atoms with Crippen LogP contribution in [0.3, 0.4) is 0 Å². The normalized spacial score (nSPS) is 14.4. The number of nitrogens with zero attached hydrogens (tertiary/aromatic N) is 4. The Bertz CT molecular complexity index is 528. The van der Waals surface area contributed by atoms with E-state index in [1.54, 1.807) is 0 Å². The van der Waals surface area contributed by atoms with Gasteiger partial charge in [-0.05, 0) is 32.0 Å². The van der Waals surface area contributed by atoms with E-state index in [1.807, 2.05) is 17.9 Å². The van der Waals surface area contributed by atoms with Crippen LogP contribution in [-0.4, -0.2) is 26.1 Å². The molecule has 0 saturated heterocycles. The molecule has 110 valence electrons. The molecule has 0 aliphatic carbocycles. The summed E-state index contributed by atoms with van der Waals surface area (Å²) in [7, 11) is 1.98. The first-order valence-corrected chi connectivity index (χ1v) is 7.41. The fraction of sp³-hybridized carbons (Fsp3) is 0.600. The van der Waals surface area contributed by atoms with E-state index in [-0.39, 0.29) is 6.04 Å². The molecule has 0 aromatic carbocycles. The standard InChI is InChI=1S/C15H25N5/c1-5-12(3)20-10-8-13(18-20)11-14(16-6-2)15-7-9-17-19(15)4/h7-10,12,14,16H,5-6,11H2,1-4H3. The third-order valence-corrected chi connectivity index (χ3v) is 3.79. The lowest BCUT2D eigenvalue weighted by Gasteiger charge is -2.17. The molecule has 5 nitrogen and oxygen atoms in total. The molecule has 0 amide bonds. The van der Waals surface area contributed by atoms with Gasteiger partial charge in [-0.2, -0.15) is 10.2 Å². The van der Waals surface area contributed by atoms with Gasteiger partial charge in [-0.3, -0.25) is 9.36 Å². The lowest BCUT2D eigenvalue weighted by Crippen LogP contribution is -2.25. The van der Waals surface area contributed by atoms with Gasteiger partial charge in [-0.15, -0.1) is 0 Å². The van der Waals surface area contributed by atoms with Crippen molar-refractivity contribution in [3.63, 3.8) is 0 Å². The molecular weight excluding hydrogens is 250 g/mol. The minimum absolute atomic E-state index is 0.257. The van der Waals surface area contributed by atoms with Crippen LogP contribution in [0.4, 0.5) is 0 Å². The van der Waals surface area contributed by atoms with Crippen molar-refractivity contribution in [2.24, 2.45) is 7.05 Å². The van der Waals surface area contributed by atoms with Crippen LogP contribution in [0.15, 0.2) is 24.5 Å². The fourth-order valence-electron chi connectivity index (χ4n) is 2.38. The minimum atomic E-state index is 0.257. The molecule has 0 spiro atoms. The van der Waals surface area contributed by atoms with Gasteiger partial charge in [0, 0.05) is 31.9 Å². The molecule has 2 atom stereocenters. The fourth-order valence-corrected chi connectivity index (χ4v) is 2.38. The topological polar surface area (TPSA) is 47.7 Å². The molecule has 2 aromatic heterocycles. The predicted octanol–water partition coefficient (Wildman–Crippen LogP) is 2.48. The van der Waals surface area contributed by atoms with Gasteiger partial charge in [0.05, 0.1) is 17.4 Å². The van der Waals surface area contributed by atoms with E-state index in [4.69, 9.17) is 0 Å². The van der Waals surface area contributed by atoms with Crippen molar-refractivity contribution in [1.29, 1.82) is 0 Å². The molecule has 20 heavy (non-hydrogen) atoms. The number of hydrogen-bond acceptors (Lipinski definition) is 3. The van der Waals surface area contributed by atoms with E-state index in [0.717, 1.165) is 25.1 Å². The number of likely N-dealkylation sites (N-methyl/N-ethyl adjacent to an activating group) is 1. The first-order valence-electron chi connectivity index (χ1n) is 7.41. The second-order valence-electron chi connectivity index (χ2n) is 5.24. The molecule has 2 heterocycles. The zero-order valence-electron chi connectivity index (χ0n) is 12.9. The number of aromatic nitrogens is 4. The van der Waals surface area contributed by atoms with Gasteiger partial charge in [-0.1, -0.05) is 13.8 Å². The molecule has 0 bridgehead atoms. The smallest absolute Gasteiger partial charge is 0.0644 e. The van der Waals surface area contributed by atoms with E-state index >= 15 is 0 Å². The van der Waals surface area contributed by atoms with Crippen molar-refractivity contribution >= 4 is 0 Å². The van der Waals surface area contributed by atoms with Crippen molar-refractivity contribution < 1.29 is 0 Å². The molecule has 0 saturated carbocycles. The molecule has 0 radical (unpaired) electrons. The highest BCUT2D eigenvalue weighted by molar-refractivity contribution is 5.12. The van der Waals surface area contributed by atoms with E-state index in [1.165, 1.54) is 5.69 Å². The van der Waals surface area contributed by atoms with Crippen LogP contribution in [0.25, 0.3) is 0 Å². The minimum Gasteiger partial charge on any atom is -0.309 e. The first kappa shape index (κ1) is 14.8. The number of aryl methyl sites for hydroxylation is 1. The average molecular weight is 275 g/mol. The van der Waals surface area contributed by atoms with Crippen LogP contribution < -0.4 is 5.32 Å². The summed E-state index contributed by atoms with van der Waals surface area (Å²) in [4.78, 5) is 0. The van der Waals surface area contributed by atoms with Gasteiger partial charge in [0.15, 0.2) is 0 Å². The summed E-state index contributed by atoms with van der Waals surface area (Å²) < 4.78 is 3.99. The number of rotatable bonds is 7. The highest BCUT2D eigenvalue weighted by Gasteiger charge is 2.16. The predicted molar refractivity (Wildman–Crippen MR) is 80.6 cm³/mol. The number of hydrogen-bond donors (Lipinski definition) is 1. The lowest BCUT2D eigenvalue weighted by molar-refractivity contribution is 0.462. The summed E-state index contributed by atoms with van der Waals surface area (Å²) in [5.74, 6) is 0. The Morgan fingerprint density at radius 2 is 2.10 bits per heavy atom. The monoisotopic (exact) mass is 275 g/mol. The van der Waals surface area contributed by atoms with E-state index in [0.29, 0.717) is 6.04 Å². The summed E-state index contributed by atoms with van der Waals surface area (Å²) in [6.07, 6.45) is 5.91. The molecule has 1 N–H and O–H groups in total. The zero-order chi connectivity index (χ0) is 14.5. The first-order chi connectivity index (χ1) is 9.65. The Hall–Kier alpha value is -1.62. The van der Waals surface area contributed by atoms with Gasteiger partial charge in [-0.25, -0.2) is 0 Å². The number of nitrogens with one attached hydrogen (secondary N) is 1.